The zero-order chi connectivity index (χ0) is 20.3. The highest BCUT2D eigenvalue weighted by atomic mass is 16.6. The molecule has 8 heteroatoms. The summed E-state index contributed by atoms with van der Waals surface area (Å²) in [4.78, 5) is 37.5. The predicted octanol–water partition coefficient (Wildman–Crippen LogP) is 3.54. The van der Waals surface area contributed by atoms with Crippen molar-refractivity contribution in [1.82, 2.24) is 0 Å². The molecule has 1 heterocycles. The van der Waals surface area contributed by atoms with E-state index in [1.165, 1.54) is 13.2 Å². The summed E-state index contributed by atoms with van der Waals surface area (Å²) >= 11 is 0. The standard InChI is InChI=1S/C20H21N3O5/c1-13-15(20(25)28-2)6-5-7-16(13)21-19(24)14-8-9-17(18(12-14)23(26)27)22-10-3-4-11-22/h5-9,12H,3-4,10-11H2,1-2H3,(H,21,24). The Labute approximate surface area is 162 Å². The molecule has 1 amide bonds. The van der Waals surface area contributed by atoms with Gasteiger partial charge in [0, 0.05) is 30.4 Å². The number of nitro benzene ring substituents is 1. The highest BCUT2D eigenvalue weighted by Crippen LogP contribution is 2.32. The van der Waals surface area contributed by atoms with E-state index in [1.807, 2.05) is 4.90 Å². The van der Waals surface area contributed by atoms with Crippen LogP contribution in [0.5, 0.6) is 0 Å². The largest absolute Gasteiger partial charge is 0.465 e. The molecule has 0 atom stereocenters. The molecule has 2 aromatic rings. The van der Waals surface area contributed by atoms with Crippen molar-refractivity contribution in [3.63, 3.8) is 0 Å². The number of esters is 1. The fourth-order valence-corrected chi connectivity index (χ4v) is 3.33. The number of nitrogens with zero attached hydrogens (tertiary/aromatic N) is 2. The van der Waals surface area contributed by atoms with E-state index in [-0.39, 0.29) is 11.3 Å². The van der Waals surface area contributed by atoms with Crippen LogP contribution in [0, 0.1) is 17.0 Å². The Morgan fingerprint density at radius 1 is 1.18 bits per heavy atom. The van der Waals surface area contributed by atoms with Gasteiger partial charge in [0.1, 0.15) is 5.69 Å². The first-order valence-corrected chi connectivity index (χ1v) is 8.95. The van der Waals surface area contributed by atoms with Crippen molar-refractivity contribution in [3.8, 4) is 0 Å². The lowest BCUT2D eigenvalue weighted by molar-refractivity contribution is -0.384. The first kappa shape index (κ1) is 19.3. The van der Waals surface area contributed by atoms with Crippen LogP contribution >= 0.6 is 0 Å². The quantitative estimate of drug-likeness (QED) is 0.481. The highest BCUT2D eigenvalue weighted by Gasteiger charge is 2.24. The van der Waals surface area contributed by atoms with E-state index < -0.39 is 16.8 Å². The molecule has 146 valence electrons. The third kappa shape index (κ3) is 3.80. The van der Waals surface area contributed by atoms with Crippen LogP contribution in [0.3, 0.4) is 0 Å². The van der Waals surface area contributed by atoms with Gasteiger partial charge in [-0.2, -0.15) is 0 Å². The van der Waals surface area contributed by atoms with Crippen LogP contribution in [0.25, 0.3) is 0 Å². The van der Waals surface area contributed by atoms with Crippen LogP contribution in [-0.4, -0.2) is 37.0 Å². The van der Waals surface area contributed by atoms with Crippen molar-refractivity contribution in [3.05, 3.63) is 63.2 Å². The summed E-state index contributed by atoms with van der Waals surface area (Å²) in [6.07, 6.45) is 1.99. The number of benzene rings is 2. The Hall–Kier alpha value is -3.42. The van der Waals surface area contributed by atoms with Crippen LogP contribution in [0.1, 0.15) is 39.1 Å². The minimum Gasteiger partial charge on any atom is -0.465 e. The molecular formula is C20H21N3O5. The Morgan fingerprint density at radius 3 is 2.54 bits per heavy atom. The number of methoxy groups -OCH3 is 1. The van der Waals surface area contributed by atoms with E-state index in [0.29, 0.717) is 22.5 Å². The second kappa shape index (κ2) is 8.08. The smallest absolute Gasteiger partial charge is 0.338 e. The van der Waals surface area contributed by atoms with Gasteiger partial charge in [-0.25, -0.2) is 4.79 Å². The van der Waals surface area contributed by atoms with Crippen molar-refractivity contribution in [1.29, 1.82) is 0 Å². The Balaban J connectivity index is 1.88. The van der Waals surface area contributed by atoms with E-state index >= 15 is 0 Å². The fourth-order valence-electron chi connectivity index (χ4n) is 3.33. The zero-order valence-electron chi connectivity index (χ0n) is 15.7. The molecule has 3 rings (SSSR count). The van der Waals surface area contributed by atoms with Crippen LogP contribution < -0.4 is 10.2 Å². The van der Waals surface area contributed by atoms with Gasteiger partial charge in [0.05, 0.1) is 17.6 Å². The van der Waals surface area contributed by atoms with Gasteiger partial charge in [-0.05, 0) is 49.6 Å². The summed E-state index contributed by atoms with van der Waals surface area (Å²) in [5, 5.41) is 14.2. The third-order valence-corrected chi connectivity index (χ3v) is 4.87. The molecule has 28 heavy (non-hydrogen) atoms. The number of hydrogen-bond donors (Lipinski definition) is 1. The molecule has 0 saturated carbocycles. The van der Waals surface area contributed by atoms with Gasteiger partial charge in [0.15, 0.2) is 0 Å². The summed E-state index contributed by atoms with van der Waals surface area (Å²) < 4.78 is 4.73. The Kier molecular flexibility index (Phi) is 5.58. The van der Waals surface area contributed by atoms with Crippen molar-refractivity contribution in [2.45, 2.75) is 19.8 Å². The molecule has 8 nitrogen and oxygen atoms in total. The lowest BCUT2D eigenvalue weighted by Crippen LogP contribution is -2.20. The van der Waals surface area contributed by atoms with Gasteiger partial charge in [0.2, 0.25) is 0 Å². The number of amides is 1. The molecule has 0 aliphatic carbocycles. The molecule has 0 spiro atoms. The first-order valence-electron chi connectivity index (χ1n) is 8.95. The maximum absolute atomic E-state index is 12.7. The minimum atomic E-state index is -0.501. The Bertz CT molecular complexity index is 935. The topological polar surface area (TPSA) is 102 Å². The number of hydrogen-bond acceptors (Lipinski definition) is 6. The molecule has 0 radical (unpaired) electrons. The SMILES string of the molecule is COC(=O)c1cccc(NC(=O)c2ccc(N3CCCC3)c([N+](=O)[O-])c2)c1C. The summed E-state index contributed by atoms with van der Waals surface area (Å²) in [6.45, 7) is 3.23. The molecule has 1 saturated heterocycles. The van der Waals surface area contributed by atoms with E-state index in [4.69, 9.17) is 4.74 Å². The zero-order valence-corrected chi connectivity index (χ0v) is 15.7. The minimum absolute atomic E-state index is 0.0883. The number of ether oxygens (including phenoxy) is 1. The number of anilines is 2. The van der Waals surface area contributed by atoms with Crippen LogP contribution in [0.4, 0.5) is 17.1 Å². The molecule has 1 aliphatic rings. The van der Waals surface area contributed by atoms with Crippen molar-refractivity contribution >= 4 is 28.9 Å². The molecule has 0 unspecified atom stereocenters. The number of nitrogens with one attached hydrogen (secondary N) is 1. The van der Waals surface area contributed by atoms with Gasteiger partial charge >= 0.3 is 5.97 Å². The monoisotopic (exact) mass is 383 g/mol. The average molecular weight is 383 g/mol. The average Bonchev–Trinajstić information content (AvgIpc) is 3.23. The van der Waals surface area contributed by atoms with Crippen molar-refractivity contribution in [2.24, 2.45) is 0 Å². The molecule has 1 N–H and O–H groups in total. The highest BCUT2D eigenvalue weighted by molar-refractivity contribution is 6.06. The maximum Gasteiger partial charge on any atom is 0.338 e. The molecule has 1 aliphatic heterocycles. The summed E-state index contributed by atoms with van der Waals surface area (Å²) in [6, 6.07) is 9.39. The van der Waals surface area contributed by atoms with Crippen molar-refractivity contribution < 1.29 is 19.2 Å². The lowest BCUT2D eigenvalue weighted by atomic mass is 10.1. The van der Waals surface area contributed by atoms with E-state index in [2.05, 4.69) is 5.32 Å². The van der Waals surface area contributed by atoms with Crippen LogP contribution in [0.2, 0.25) is 0 Å². The van der Waals surface area contributed by atoms with E-state index in [9.17, 15) is 19.7 Å². The van der Waals surface area contributed by atoms with Gasteiger partial charge in [-0.1, -0.05) is 6.07 Å². The normalized spacial score (nSPS) is 13.3. The lowest BCUT2D eigenvalue weighted by Gasteiger charge is -2.18. The Morgan fingerprint density at radius 2 is 1.89 bits per heavy atom. The van der Waals surface area contributed by atoms with Gasteiger partial charge in [-0.15, -0.1) is 0 Å². The number of rotatable bonds is 5. The van der Waals surface area contributed by atoms with Crippen molar-refractivity contribution in [2.75, 3.05) is 30.4 Å². The summed E-state index contributed by atoms with van der Waals surface area (Å²) in [7, 11) is 1.29. The molecule has 1 fully saturated rings. The number of nitro groups is 1. The maximum atomic E-state index is 12.7. The molecule has 0 bridgehead atoms. The van der Waals surface area contributed by atoms with Crippen LogP contribution in [0.15, 0.2) is 36.4 Å². The summed E-state index contributed by atoms with van der Waals surface area (Å²) in [5.41, 5.74) is 1.97. The second-order valence-electron chi connectivity index (χ2n) is 6.58. The van der Waals surface area contributed by atoms with Gasteiger partial charge < -0.3 is 15.0 Å². The van der Waals surface area contributed by atoms with Crippen LogP contribution in [-0.2, 0) is 4.74 Å². The number of carbonyl (C=O) groups is 2. The third-order valence-electron chi connectivity index (χ3n) is 4.87. The van der Waals surface area contributed by atoms with E-state index in [1.54, 1.807) is 37.3 Å². The van der Waals surface area contributed by atoms with Gasteiger partial charge in [0.25, 0.3) is 11.6 Å². The number of carbonyl (C=O) groups excluding carboxylic acids is 2. The van der Waals surface area contributed by atoms with Gasteiger partial charge in [-0.3, -0.25) is 14.9 Å². The van der Waals surface area contributed by atoms with E-state index in [0.717, 1.165) is 25.9 Å². The fraction of sp³-hybridized carbons (Fsp3) is 0.300. The molecule has 0 aromatic heterocycles. The first-order chi connectivity index (χ1) is 13.4. The molecule has 2 aromatic carbocycles. The predicted molar refractivity (Wildman–Crippen MR) is 105 cm³/mol. The summed E-state index contributed by atoms with van der Waals surface area (Å²) in [5.74, 6) is -0.986. The second-order valence-corrected chi connectivity index (χ2v) is 6.58. The molecular weight excluding hydrogens is 362 g/mol.